The molecule has 4 nitrogen and oxygen atoms in total. The Morgan fingerprint density at radius 1 is 1.19 bits per heavy atom. The third kappa shape index (κ3) is 3.57. The predicted molar refractivity (Wildman–Crippen MR) is 121 cm³/mol. The fraction of sp³-hybridized carbons (Fsp3) is 0.815. The highest BCUT2D eigenvalue weighted by Crippen LogP contribution is 2.65. The molecule has 0 radical (unpaired) electrons. The van der Waals surface area contributed by atoms with Crippen LogP contribution in [0.25, 0.3) is 0 Å². The van der Waals surface area contributed by atoms with Crippen molar-refractivity contribution in [2.24, 2.45) is 46.8 Å². The number of nitrogens with zero attached hydrogens (tertiary/aromatic N) is 3. The Kier molecular flexibility index (Phi) is 5.51. The van der Waals surface area contributed by atoms with Crippen molar-refractivity contribution < 1.29 is 4.79 Å². The topological polar surface area (TPSA) is 58.7 Å². The van der Waals surface area contributed by atoms with Crippen molar-refractivity contribution in [3.8, 4) is 6.07 Å². The SMILES string of the molecule is C[C@H]1CC[C@H]2[C@H](CC[C@@H]3[C@@H]2CC[C@]2(C)[C@@H](CC(=O)[C@@H](C)n4cc(C#N)cn4)CC[C@@H]32)C1. The number of nitriles is 1. The fourth-order valence-corrected chi connectivity index (χ4v) is 8.70. The molecule has 0 spiro atoms. The second-order valence-electron chi connectivity index (χ2n) is 11.8. The van der Waals surface area contributed by atoms with Crippen LogP contribution in [0.5, 0.6) is 0 Å². The highest BCUT2D eigenvalue weighted by molar-refractivity contribution is 5.82. The number of rotatable bonds is 4. The van der Waals surface area contributed by atoms with E-state index in [0.717, 1.165) is 35.5 Å². The van der Waals surface area contributed by atoms with Crippen LogP contribution >= 0.6 is 0 Å². The molecular formula is C27H39N3O. The van der Waals surface area contributed by atoms with Crippen LogP contribution in [0.15, 0.2) is 12.4 Å². The minimum atomic E-state index is -0.277. The Bertz CT molecular complexity index is 868. The van der Waals surface area contributed by atoms with Crippen LogP contribution < -0.4 is 0 Å². The molecule has 1 heterocycles. The summed E-state index contributed by atoms with van der Waals surface area (Å²) in [5, 5.41) is 13.3. The van der Waals surface area contributed by atoms with Crippen molar-refractivity contribution >= 4 is 5.78 Å². The maximum atomic E-state index is 13.2. The predicted octanol–water partition coefficient (Wildman–Crippen LogP) is 6.18. The van der Waals surface area contributed by atoms with E-state index in [9.17, 15) is 4.79 Å². The van der Waals surface area contributed by atoms with Gasteiger partial charge in [-0.2, -0.15) is 10.4 Å². The average Bonchev–Trinajstić information content (AvgIpc) is 3.37. The van der Waals surface area contributed by atoms with Crippen LogP contribution in [0.3, 0.4) is 0 Å². The van der Waals surface area contributed by atoms with Crippen LogP contribution in [0, 0.1) is 58.2 Å². The van der Waals surface area contributed by atoms with Gasteiger partial charge in [0, 0.05) is 12.6 Å². The van der Waals surface area contributed by atoms with E-state index in [1.807, 2.05) is 6.92 Å². The summed E-state index contributed by atoms with van der Waals surface area (Å²) < 4.78 is 1.68. The average molecular weight is 422 g/mol. The van der Waals surface area contributed by atoms with E-state index >= 15 is 0 Å². The molecule has 0 unspecified atom stereocenters. The van der Waals surface area contributed by atoms with Gasteiger partial charge in [-0.1, -0.05) is 20.3 Å². The quantitative estimate of drug-likeness (QED) is 0.583. The molecule has 0 aromatic carbocycles. The van der Waals surface area contributed by atoms with E-state index in [1.54, 1.807) is 17.1 Å². The highest BCUT2D eigenvalue weighted by Gasteiger charge is 2.57. The zero-order valence-electron chi connectivity index (χ0n) is 19.6. The molecule has 1 aromatic heterocycles. The van der Waals surface area contributed by atoms with Crippen molar-refractivity contribution in [1.82, 2.24) is 9.78 Å². The van der Waals surface area contributed by atoms with E-state index in [0.29, 0.717) is 23.3 Å². The highest BCUT2D eigenvalue weighted by atomic mass is 16.1. The summed E-state index contributed by atoms with van der Waals surface area (Å²) in [6.45, 7) is 6.93. The van der Waals surface area contributed by atoms with Gasteiger partial charge in [-0.15, -0.1) is 0 Å². The van der Waals surface area contributed by atoms with Crippen molar-refractivity contribution in [2.45, 2.75) is 91.0 Å². The Hall–Kier alpha value is -1.63. The molecule has 4 aliphatic rings. The molecule has 0 bridgehead atoms. The normalized spacial score (nSPS) is 42.7. The molecule has 1 aromatic rings. The Morgan fingerprint density at radius 2 is 2.00 bits per heavy atom. The number of fused-ring (bicyclic) bond motifs is 5. The molecule has 31 heavy (non-hydrogen) atoms. The van der Waals surface area contributed by atoms with E-state index in [-0.39, 0.29) is 11.8 Å². The van der Waals surface area contributed by atoms with Crippen LogP contribution in [-0.4, -0.2) is 15.6 Å². The third-order valence-electron chi connectivity index (χ3n) is 10.5. The summed E-state index contributed by atoms with van der Waals surface area (Å²) in [4.78, 5) is 13.2. The molecule has 0 saturated heterocycles. The number of carbonyl (C=O) groups is 1. The second kappa shape index (κ2) is 8.05. The van der Waals surface area contributed by atoms with Crippen molar-refractivity contribution in [3.05, 3.63) is 18.0 Å². The Labute approximate surface area is 187 Å². The molecule has 4 heteroatoms. The van der Waals surface area contributed by atoms with Gasteiger partial charge in [0.15, 0.2) is 5.78 Å². The van der Waals surface area contributed by atoms with E-state index in [2.05, 4.69) is 25.0 Å². The summed E-state index contributed by atoms with van der Waals surface area (Å²) in [6, 6.07) is 1.83. The molecule has 4 saturated carbocycles. The van der Waals surface area contributed by atoms with Crippen LogP contribution in [0.1, 0.15) is 96.6 Å². The summed E-state index contributed by atoms with van der Waals surface area (Å²) >= 11 is 0. The number of aromatic nitrogens is 2. The molecular weight excluding hydrogens is 382 g/mol. The first-order chi connectivity index (χ1) is 14.9. The van der Waals surface area contributed by atoms with E-state index < -0.39 is 0 Å². The van der Waals surface area contributed by atoms with Gasteiger partial charge in [-0.25, -0.2) is 0 Å². The molecule has 0 N–H and O–H groups in total. The number of ketones is 1. The van der Waals surface area contributed by atoms with Gasteiger partial charge >= 0.3 is 0 Å². The smallest absolute Gasteiger partial charge is 0.157 e. The Balaban J connectivity index is 1.27. The standard InChI is InChI=1S/C27H39N3O/c1-17-4-7-22-20(12-17)5-8-24-23(22)10-11-27(3)21(6-9-25(24)27)13-26(31)18(2)30-16-19(14-28)15-29-30/h15-18,20-25H,4-13H2,1-3H3/t17-,18+,20+,21+,22-,23+,24+,25-,27+/m0/s1. The largest absolute Gasteiger partial charge is 0.297 e. The molecule has 4 fully saturated rings. The van der Waals surface area contributed by atoms with Gasteiger partial charge < -0.3 is 0 Å². The lowest BCUT2D eigenvalue weighted by molar-refractivity contribution is -0.125. The number of hydrogen-bond acceptors (Lipinski definition) is 3. The minimum absolute atomic E-state index is 0.277. The molecule has 0 amide bonds. The number of Topliss-reactive ketones (excluding diaryl/α,β-unsaturated/α-hetero) is 1. The maximum Gasteiger partial charge on any atom is 0.157 e. The van der Waals surface area contributed by atoms with Crippen LogP contribution in [0.4, 0.5) is 0 Å². The van der Waals surface area contributed by atoms with Gasteiger partial charge in [-0.3, -0.25) is 9.48 Å². The lowest BCUT2D eigenvalue weighted by atomic mass is 9.49. The van der Waals surface area contributed by atoms with Gasteiger partial charge in [0.1, 0.15) is 12.1 Å². The van der Waals surface area contributed by atoms with Crippen molar-refractivity contribution in [1.29, 1.82) is 5.26 Å². The Morgan fingerprint density at radius 3 is 2.77 bits per heavy atom. The number of hydrogen-bond donors (Lipinski definition) is 0. The number of carbonyl (C=O) groups excluding carboxylic acids is 1. The van der Waals surface area contributed by atoms with Gasteiger partial charge in [-0.05, 0) is 105 Å². The lowest BCUT2D eigenvalue weighted by Gasteiger charge is -2.56. The summed E-state index contributed by atoms with van der Waals surface area (Å²) in [5.74, 6) is 6.44. The zero-order chi connectivity index (χ0) is 21.8. The third-order valence-corrected chi connectivity index (χ3v) is 10.5. The van der Waals surface area contributed by atoms with Crippen molar-refractivity contribution in [3.63, 3.8) is 0 Å². The molecule has 0 aliphatic heterocycles. The maximum absolute atomic E-state index is 13.2. The van der Waals surface area contributed by atoms with Gasteiger partial charge in [0.2, 0.25) is 0 Å². The summed E-state index contributed by atoms with van der Waals surface area (Å²) in [7, 11) is 0. The van der Waals surface area contributed by atoms with Crippen LogP contribution in [-0.2, 0) is 4.79 Å². The van der Waals surface area contributed by atoms with Gasteiger partial charge in [0.25, 0.3) is 0 Å². The first-order valence-corrected chi connectivity index (χ1v) is 12.9. The fourth-order valence-electron chi connectivity index (χ4n) is 8.70. The lowest BCUT2D eigenvalue weighted by Crippen LogP contribution is -2.48. The van der Waals surface area contributed by atoms with Crippen molar-refractivity contribution in [2.75, 3.05) is 0 Å². The molecule has 4 aliphatic carbocycles. The first-order valence-electron chi connectivity index (χ1n) is 12.9. The first kappa shape index (κ1) is 21.2. The van der Waals surface area contributed by atoms with E-state index in [1.165, 1.54) is 57.8 Å². The molecule has 168 valence electrons. The molecule has 9 atom stereocenters. The minimum Gasteiger partial charge on any atom is -0.297 e. The zero-order valence-corrected chi connectivity index (χ0v) is 19.6. The molecule has 5 rings (SSSR count). The van der Waals surface area contributed by atoms with Gasteiger partial charge in [0.05, 0.1) is 11.8 Å². The summed E-state index contributed by atoms with van der Waals surface area (Å²) in [5.41, 5.74) is 0.867. The second-order valence-corrected chi connectivity index (χ2v) is 11.8. The van der Waals surface area contributed by atoms with Crippen LogP contribution in [0.2, 0.25) is 0 Å². The summed E-state index contributed by atoms with van der Waals surface area (Å²) in [6.07, 6.45) is 16.5. The monoisotopic (exact) mass is 421 g/mol. The van der Waals surface area contributed by atoms with E-state index in [4.69, 9.17) is 5.26 Å².